The molecule has 0 bridgehead atoms. The van der Waals surface area contributed by atoms with E-state index in [2.05, 4.69) is 17.9 Å². The van der Waals surface area contributed by atoms with Crippen LogP contribution < -0.4 is 5.32 Å². The van der Waals surface area contributed by atoms with Crippen molar-refractivity contribution in [3.63, 3.8) is 0 Å². The van der Waals surface area contributed by atoms with E-state index in [0.29, 0.717) is 23.6 Å². The summed E-state index contributed by atoms with van der Waals surface area (Å²) in [7, 11) is 0. The maximum Gasteiger partial charge on any atom is 0.252 e. The number of carbonyl (C=O) groups excluding carboxylic acids is 1. The van der Waals surface area contributed by atoms with E-state index in [-0.39, 0.29) is 11.5 Å². The third kappa shape index (κ3) is 4.40. The van der Waals surface area contributed by atoms with Crippen LogP contribution in [0.2, 0.25) is 0 Å². The van der Waals surface area contributed by atoms with Gasteiger partial charge in [0.05, 0.1) is 11.2 Å². The normalized spacial score (nSPS) is 11.3. The molecule has 1 rings (SSSR count). The summed E-state index contributed by atoms with van der Waals surface area (Å²) < 4.78 is 5.51. The highest BCUT2D eigenvalue weighted by Crippen LogP contribution is 2.13. The Kier molecular flexibility index (Phi) is 5.02. The van der Waals surface area contributed by atoms with Gasteiger partial charge in [-0.1, -0.05) is 12.1 Å². The highest BCUT2D eigenvalue weighted by molar-refractivity contribution is 7.80. The van der Waals surface area contributed by atoms with Crippen molar-refractivity contribution in [1.82, 2.24) is 5.32 Å². The molecule has 1 amide bonds. The van der Waals surface area contributed by atoms with Gasteiger partial charge in [-0.05, 0) is 32.9 Å². The molecule has 0 fully saturated rings. The number of amides is 1. The summed E-state index contributed by atoms with van der Waals surface area (Å²) in [5.74, 6) is -0.122. The molecule has 1 N–H and O–H groups in total. The molecular weight excluding hydrogens is 234 g/mol. The van der Waals surface area contributed by atoms with Gasteiger partial charge in [0.2, 0.25) is 0 Å². The van der Waals surface area contributed by atoms with Gasteiger partial charge in [0.1, 0.15) is 0 Å². The predicted octanol–water partition coefficient (Wildman–Crippen LogP) is 2.52. The van der Waals surface area contributed by atoms with E-state index in [9.17, 15) is 4.79 Å². The molecule has 1 aromatic carbocycles. The minimum absolute atomic E-state index is 0.122. The van der Waals surface area contributed by atoms with Gasteiger partial charge in [0, 0.05) is 18.0 Å². The molecule has 0 spiro atoms. The Morgan fingerprint density at radius 1 is 1.41 bits per heavy atom. The summed E-state index contributed by atoms with van der Waals surface area (Å²) in [4.78, 5) is 12.6. The average molecular weight is 253 g/mol. The van der Waals surface area contributed by atoms with Gasteiger partial charge in [-0.3, -0.25) is 4.79 Å². The Labute approximate surface area is 108 Å². The summed E-state index contributed by atoms with van der Waals surface area (Å²) in [6.07, 6.45) is 0. The summed E-state index contributed by atoms with van der Waals surface area (Å²) in [6, 6.07) is 7.22. The van der Waals surface area contributed by atoms with Crippen LogP contribution in [-0.2, 0) is 4.74 Å². The monoisotopic (exact) mass is 253 g/mol. The molecule has 0 saturated carbocycles. The van der Waals surface area contributed by atoms with Crippen molar-refractivity contribution in [3.05, 3.63) is 29.8 Å². The standard InChI is InChI=1S/C13H19NO2S/c1-4-16-13(2,3)9-14-12(15)10-7-5-6-8-11(10)17/h5-8,17H,4,9H2,1-3H3,(H,14,15). The lowest BCUT2D eigenvalue weighted by atomic mass is 10.1. The van der Waals surface area contributed by atoms with Crippen molar-refractivity contribution < 1.29 is 9.53 Å². The molecule has 0 saturated heterocycles. The summed E-state index contributed by atoms with van der Waals surface area (Å²) in [6.45, 7) is 6.94. The molecule has 4 heteroatoms. The Morgan fingerprint density at radius 3 is 2.65 bits per heavy atom. The maximum atomic E-state index is 11.9. The first kappa shape index (κ1) is 14.1. The Hall–Kier alpha value is -1.00. The molecule has 0 aliphatic carbocycles. The molecule has 17 heavy (non-hydrogen) atoms. The summed E-state index contributed by atoms with van der Waals surface area (Å²) in [5, 5.41) is 2.85. The highest BCUT2D eigenvalue weighted by atomic mass is 32.1. The van der Waals surface area contributed by atoms with Crippen molar-refractivity contribution in [2.45, 2.75) is 31.3 Å². The van der Waals surface area contributed by atoms with Crippen LogP contribution >= 0.6 is 12.6 Å². The van der Waals surface area contributed by atoms with E-state index >= 15 is 0 Å². The fraction of sp³-hybridized carbons (Fsp3) is 0.462. The number of hydrogen-bond donors (Lipinski definition) is 2. The minimum Gasteiger partial charge on any atom is -0.374 e. The summed E-state index contributed by atoms with van der Waals surface area (Å²) in [5.41, 5.74) is 0.235. The number of hydrogen-bond acceptors (Lipinski definition) is 3. The third-order valence-electron chi connectivity index (χ3n) is 2.36. The lowest BCUT2D eigenvalue weighted by molar-refractivity contribution is -0.00817. The summed E-state index contributed by atoms with van der Waals surface area (Å²) >= 11 is 4.25. The number of benzene rings is 1. The van der Waals surface area contributed by atoms with Crippen LogP contribution in [0.1, 0.15) is 31.1 Å². The largest absolute Gasteiger partial charge is 0.374 e. The van der Waals surface area contributed by atoms with Crippen LogP contribution in [-0.4, -0.2) is 24.7 Å². The van der Waals surface area contributed by atoms with E-state index in [1.165, 1.54) is 0 Å². The second kappa shape index (κ2) is 6.07. The zero-order valence-electron chi connectivity index (χ0n) is 10.5. The number of nitrogens with one attached hydrogen (secondary N) is 1. The van der Waals surface area contributed by atoms with Gasteiger partial charge in [-0.25, -0.2) is 0 Å². The SMILES string of the molecule is CCOC(C)(C)CNC(=O)c1ccccc1S. The second-order valence-electron chi connectivity index (χ2n) is 4.39. The van der Waals surface area contributed by atoms with Crippen LogP contribution in [0.25, 0.3) is 0 Å². The highest BCUT2D eigenvalue weighted by Gasteiger charge is 2.19. The van der Waals surface area contributed by atoms with Crippen LogP contribution in [0.5, 0.6) is 0 Å². The van der Waals surface area contributed by atoms with Crippen molar-refractivity contribution in [2.75, 3.05) is 13.2 Å². The van der Waals surface area contributed by atoms with Gasteiger partial charge in [0.25, 0.3) is 5.91 Å². The third-order valence-corrected chi connectivity index (χ3v) is 2.75. The molecule has 0 heterocycles. The van der Waals surface area contributed by atoms with Crippen molar-refractivity contribution in [1.29, 1.82) is 0 Å². The zero-order valence-corrected chi connectivity index (χ0v) is 11.4. The number of thiol groups is 1. The van der Waals surface area contributed by atoms with Crippen molar-refractivity contribution >= 4 is 18.5 Å². The van der Waals surface area contributed by atoms with E-state index in [0.717, 1.165) is 0 Å². The topological polar surface area (TPSA) is 38.3 Å². The molecule has 0 atom stereocenters. The second-order valence-corrected chi connectivity index (χ2v) is 4.87. The van der Waals surface area contributed by atoms with Crippen LogP contribution in [0.4, 0.5) is 0 Å². The Bertz CT molecular complexity index is 391. The Morgan fingerprint density at radius 2 is 2.06 bits per heavy atom. The molecule has 0 aromatic heterocycles. The molecule has 3 nitrogen and oxygen atoms in total. The lowest BCUT2D eigenvalue weighted by Crippen LogP contribution is -2.40. The molecule has 94 valence electrons. The Balaban J connectivity index is 2.59. The van der Waals surface area contributed by atoms with Gasteiger partial charge >= 0.3 is 0 Å². The van der Waals surface area contributed by atoms with E-state index < -0.39 is 0 Å². The molecule has 0 aliphatic heterocycles. The smallest absolute Gasteiger partial charge is 0.252 e. The first-order valence-corrected chi connectivity index (χ1v) is 6.11. The van der Waals surface area contributed by atoms with Crippen LogP contribution in [0, 0.1) is 0 Å². The first-order valence-electron chi connectivity index (χ1n) is 5.66. The molecule has 0 unspecified atom stereocenters. The minimum atomic E-state index is -0.351. The number of carbonyl (C=O) groups is 1. The average Bonchev–Trinajstić information content (AvgIpc) is 2.27. The fourth-order valence-corrected chi connectivity index (χ4v) is 1.76. The van der Waals surface area contributed by atoms with Gasteiger partial charge in [-0.15, -0.1) is 12.6 Å². The van der Waals surface area contributed by atoms with E-state index in [1.54, 1.807) is 12.1 Å². The molecule has 1 aromatic rings. The van der Waals surface area contributed by atoms with Crippen LogP contribution in [0.3, 0.4) is 0 Å². The van der Waals surface area contributed by atoms with Gasteiger partial charge in [0.15, 0.2) is 0 Å². The zero-order chi connectivity index (χ0) is 12.9. The first-order chi connectivity index (χ1) is 7.96. The predicted molar refractivity (Wildman–Crippen MR) is 71.7 cm³/mol. The van der Waals surface area contributed by atoms with Crippen molar-refractivity contribution in [3.8, 4) is 0 Å². The van der Waals surface area contributed by atoms with Gasteiger partial charge < -0.3 is 10.1 Å². The number of rotatable bonds is 5. The van der Waals surface area contributed by atoms with Gasteiger partial charge in [-0.2, -0.15) is 0 Å². The lowest BCUT2D eigenvalue weighted by Gasteiger charge is -2.25. The van der Waals surface area contributed by atoms with E-state index in [4.69, 9.17) is 4.74 Å². The molecule has 0 aliphatic rings. The van der Waals surface area contributed by atoms with Crippen LogP contribution in [0.15, 0.2) is 29.2 Å². The number of ether oxygens (including phenoxy) is 1. The fourth-order valence-electron chi connectivity index (χ4n) is 1.50. The molecule has 0 radical (unpaired) electrons. The maximum absolute atomic E-state index is 11.9. The molecular formula is C13H19NO2S. The van der Waals surface area contributed by atoms with E-state index in [1.807, 2.05) is 32.9 Å². The van der Waals surface area contributed by atoms with Crippen molar-refractivity contribution in [2.24, 2.45) is 0 Å². The quantitative estimate of drug-likeness (QED) is 0.791.